The molecule has 76 valence electrons. The van der Waals surface area contributed by atoms with Gasteiger partial charge in [-0.15, -0.1) is 0 Å². The summed E-state index contributed by atoms with van der Waals surface area (Å²) in [6.07, 6.45) is 4.15. The lowest BCUT2D eigenvalue weighted by Gasteiger charge is -2.26. The zero-order valence-electron chi connectivity index (χ0n) is 8.84. The third kappa shape index (κ3) is 3.02. The summed E-state index contributed by atoms with van der Waals surface area (Å²) in [6.45, 7) is 6.08. The SMILES string of the molecule is CC(C)C[C@@](C)(CC1CC1)C(=O)O. The molecule has 0 radical (unpaired) electrons. The molecule has 1 saturated carbocycles. The first-order valence-electron chi connectivity index (χ1n) is 5.17. The van der Waals surface area contributed by atoms with Crippen LogP contribution in [0.3, 0.4) is 0 Å². The van der Waals surface area contributed by atoms with Crippen molar-refractivity contribution in [2.75, 3.05) is 0 Å². The van der Waals surface area contributed by atoms with Crippen molar-refractivity contribution < 1.29 is 9.90 Å². The van der Waals surface area contributed by atoms with Crippen LogP contribution >= 0.6 is 0 Å². The van der Waals surface area contributed by atoms with Crippen LogP contribution in [0.1, 0.15) is 46.5 Å². The molecule has 1 rings (SSSR count). The monoisotopic (exact) mass is 184 g/mol. The lowest BCUT2D eigenvalue weighted by atomic mass is 9.78. The van der Waals surface area contributed by atoms with Crippen molar-refractivity contribution in [2.24, 2.45) is 17.3 Å². The van der Waals surface area contributed by atoms with Crippen LogP contribution in [0, 0.1) is 17.3 Å². The van der Waals surface area contributed by atoms with Crippen LogP contribution in [0.15, 0.2) is 0 Å². The summed E-state index contributed by atoms with van der Waals surface area (Å²) in [6, 6.07) is 0. The number of carboxylic acid groups (broad SMARTS) is 1. The fraction of sp³-hybridized carbons (Fsp3) is 0.909. The Morgan fingerprint density at radius 2 is 2.08 bits per heavy atom. The zero-order chi connectivity index (χ0) is 10.1. The Labute approximate surface area is 80.3 Å². The molecule has 2 heteroatoms. The van der Waals surface area contributed by atoms with E-state index in [1.165, 1.54) is 12.8 Å². The highest BCUT2D eigenvalue weighted by Crippen LogP contribution is 2.43. The van der Waals surface area contributed by atoms with E-state index < -0.39 is 11.4 Å². The van der Waals surface area contributed by atoms with Crippen LogP contribution < -0.4 is 0 Å². The largest absolute Gasteiger partial charge is 0.481 e. The van der Waals surface area contributed by atoms with E-state index in [9.17, 15) is 4.79 Å². The molecule has 0 heterocycles. The van der Waals surface area contributed by atoms with Gasteiger partial charge in [-0.2, -0.15) is 0 Å². The van der Waals surface area contributed by atoms with Gasteiger partial charge in [0.05, 0.1) is 5.41 Å². The number of rotatable bonds is 5. The van der Waals surface area contributed by atoms with E-state index in [2.05, 4.69) is 13.8 Å². The van der Waals surface area contributed by atoms with Crippen molar-refractivity contribution in [3.05, 3.63) is 0 Å². The molecule has 0 amide bonds. The average molecular weight is 184 g/mol. The van der Waals surface area contributed by atoms with E-state index in [1.54, 1.807) is 0 Å². The summed E-state index contributed by atoms with van der Waals surface area (Å²) in [7, 11) is 0. The van der Waals surface area contributed by atoms with Crippen LogP contribution in [-0.4, -0.2) is 11.1 Å². The highest BCUT2D eigenvalue weighted by Gasteiger charge is 2.39. The lowest BCUT2D eigenvalue weighted by Crippen LogP contribution is -2.29. The van der Waals surface area contributed by atoms with Crippen molar-refractivity contribution in [1.29, 1.82) is 0 Å². The van der Waals surface area contributed by atoms with Gasteiger partial charge in [0.2, 0.25) is 0 Å². The molecule has 0 aromatic heterocycles. The Kier molecular flexibility index (Phi) is 2.99. The standard InChI is InChI=1S/C11H20O2/c1-8(2)6-11(3,10(12)13)7-9-4-5-9/h8-9H,4-7H2,1-3H3,(H,12,13)/t11-/m0/s1. The third-order valence-corrected chi connectivity index (χ3v) is 2.81. The predicted molar refractivity (Wildman–Crippen MR) is 52.5 cm³/mol. The van der Waals surface area contributed by atoms with Crippen molar-refractivity contribution in [3.63, 3.8) is 0 Å². The van der Waals surface area contributed by atoms with Crippen LogP contribution in [0.5, 0.6) is 0 Å². The highest BCUT2D eigenvalue weighted by molar-refractivity contribution is 5.74. The first kappa shape index (κ1) is 10.6. The summed E-state index contributed by atoms with van der Waals surface area (Å²) in [4.78, 5) is 11.1. The Morgan fingerprint density at radius 3 is 2.38 bits per heavy atom. The van der Waals surface area contributed by atoms with Crippen LogP contribution in [0.4, 0.5) is 0 Å². The number of hydrogen-bond donors (Lipinski definition) is 1. The Bertz CT molecular complexity index is 188. The summed E-state index contributed by atoms with van der Waals surface area (Å²) in [5.41, 5.74) is -0.477. The van der Waals surface area contributed by atoms with E-state index in [4.69, 9.17) is 5.11 Å². The molecule has 0 bridgehead atoms. The van der Waals surface area contributed by atoms with Crippen molar-refractivity contribution in [3.8, 4) is 0 Å². The van der Waals surface area contributed by atoms with Crippen molar-refractivity contribution >= 4 is 5.97 Å². The molecule has 0 spiro atoms. The molecule has 0 unspecified atom stereocenters. The van der Waals surface area contributed by atoms with Crippen molar-refractivity contribution in [2.45, 2.75) is 46.5 Å². The average Bonchev–Trinajstić information content (AvgIpc) is 2.69. The maximum Gasteiger partial charge on any atom is 0.309 e. The molecule has 0 saturated heterocycles. The molecule has 0 aromatic carbocycles. The van der Waals surface area contributed by atoms with Gasteiger partial charge >= 0.3 is 5.97 Å². The van der Waals surface area contributed by atoms with Crippen LogP contribution in [-0.2, 0) is 4.79 Å². The van der Waals surface area contributed by atoms with Gasteiger partial charge in [0.1, 0.15) is 0 Å². The van der Waals surface area contributed by atoms with Gasteiger partial charge in [-0.05, 0) is 31.6 Å². The van der Waals surface area contributed by atoms with Gasteiger partial charge in [0, 0.05) is 0 Å². The molecule has 1 fully saturated rings. The van der Waals surface area contributed by atoms with Gasteiger partial charge in [-0.1, -0.05) is 26.7 Å². The van der Waals surface area contributed by atoms with E-state index >= 15 is 0 Å². The molecule has 1 atom stereocenters. The minimum Gasteiger partial charge on any atom is -0.481 e. The summed E-state index contributed by atoms with van der Waals surface area (Å²) >= 11 is 0. The first-order chi connectivity index (χ1) is 5.94. The molecule has 0 aromatic rings. The van der Waals surface area contributed by atoms with Crippen molar-refractivity contribution in [1.82, 2.24) is 0 Å². The molecule has 1 aliphatic rings. The zero-order valence-corrected chi connectivity index (χ0v) is 8.84. The van der Waals surface area contributed by atoms with E-state index in [-0.39, 0.29) is 0 Å². The Morgan fingerprint density at radius 1 is 1.54 bits per heavy atom. The fourth-order valence-corrected chi connectivity index (χ4v) is 2.12. The maximum absolute atomic E-state index is 11.1. The Balaban J connectivity index is 2.55. The molecular weight excluding hydrogens is 164 g/mol. The predicted octanol–water partition coefficient (Wildman–Crippen LogP) is 2.92. The smallest absolute Gasteiger partial charge is 0.309 e. The van der Waals surface area contributed by atoms with Gasteiger partial charge in [0.15, 0.2) is 0 Å². The van der Waals surface area contributed by atoms with E-state index in [1.807, 2.05) is 6.92 Å². The highest BCUT2D eigenvalue weighted by atomic mass is 16.4. The number of hydrogen-bond acceptors (Lipinski definition) is 1. The third-order valence-electron chi connectivity index (χ3n) is 2.81. The fourth-order valence-electron chi connectivity index (χ4n) is 2.12. The molecule has 1 N–H and O–H groups in total. The second-order valence-corrected chi connectivity index (χ2v) is 5.11. The van der Waals surface area contributed by atoms with Gasteiger partial charge in [0.25, 0.3) is 0 Å². The normalized spacial score (nSPS) is 21.5. The van der Waals surface area contributed by atoms with Gasteiger partial charge in [-0.25, -0.2) is 0 Å². The first-order valence-corrected chi connectivity index (χ1v) is 5.17. The van der Waals surface area contributed by atoms with Crippen LogP contribution in [0.2, 0.25) is 0 Å². The lowest BCUT2D eigenvalue weighted by molar-refractivity contribution is -0.149. The second-order valence-electron chi connectivity index (χ2n) is 5.11. The molecular formula is C11H20O2. The van der Waals surface area contributed by atoms with Crippen LogP contribution in [0.25, 0.3) is 0 Å². The molecule has 13 heavy (non-hydrogen) atoms. The quantitative estimate of drug-likeness (QED) is 0.713. The number of carboxylic acids is 1. The Hall–Kier alpha value is -0.530. The molecule has 1 aliphatic carbocycles. The minimum atomic E-state index is -0.617. The summed E-state index contributed by atoms with van der Waals surface area (Å²) in [5.74, 6) is 0.549. The van der Waals surface area contributed by atoms with E-state index in [0.29, 0.717) is 11.8 Å². The number of carbonyl (C=O) groups is 1. The van der Waals surface area contributed by atoms with E-state index in [0.717, 1.165) is 12.8 Å². The molecule has 2 nitrogen and oxygen atoms in total. The second kappa shape index (κ2) is 3.69. The summed E-state index contributed by atoms with van der Waals surface area (Å²) in [5, 5.41) is 9.16. The number of aliphatic carboxylic acids is 1. The van der Waals surface area contributed by atoms with Gasteiger partial charge in [-0.3, -0.25) is 4.79 Å². The minimum absolute atomic E-state index is 0.472. The molecule has 0 aliphatic heterocycles. The van der Waals surface area contributed by atoms with Gasteiger partial charge < -0.3 is 5.11 Å². The topological polar surface area (TPSA) is 37.3 Å². The maximum atomic E-state index is 11.1. The summed E-state index contributed by atoms with van der Waals surface area (Å²) < 4.78 is 0.